The van der Waals surface area contributed by atoms with Crippen LogP contribution >= 0.6 is 24.8 Å². The maximum atomic E-state index is 13.1. The van der Waals surface area contributed by atoms with Crippen LogP contribution in [0, 0.1) is 6.92 Å². The Labute approximate surface area is 189 Å². The molecule has 162 valence electrons. The molecular formula is C22H28Cl2N4O2. The van der Waals surface area contributed by atoms with Gasteiger partial charge in [0.2, 0.25) is 5.91 Å². The van der Waals surface area contributed by atoms with Gasteiger partial charge in [-0.1, -0.05) is 29.8 Å². The minimum atomic E-state index is -0.00579. The van der Waals surface area contributed by atoms with Gasteiger partial charge in [0.05, 0.1) is 12.1 Å². The SMILES string of the molecule is Cc1ccc(-c2cncc(C(=O)N3CCCC(N4CCNCC4=O)C3)c2)cc1.Cl.Cl. The summed E-state index contributed by atoms with van der Waals surface area (Å²) in [4.78, 5) is 33.4. The molecule has 2 aliphatic heterocycles. The minimum Gasteiger partial charge on any atom is -0.337 e. The summed E-state index contributed by atoms with van der Waals surface area (Å²) in [5.74, 6) is 0.127. The number of hydrogen-bond donors (Lipinski definition) is 1. The van der Waals surface area contributed by atoms with Crippen molar-refractivity contribution in [3.63, 3.8) is 0 Å². The van der Waals surface area contributed by atoms with Crippen LogP contribution in [0.2, 0.25) is 0 Å². The average molecular weight is 451 g/mol. The predicted molar refractivity (Wildman–Crippen MR) is 122 cm³/mol. The lowest BCUT2D eigenvalue weighted by molar-refractivity contribution is -0.135. The van der Waals surface area contributed by atoms with Crippen molar-refractivity contribution in [3.8, 4) is 11.1 Å². The zero-order chi connectivity index (χ0) is 19.5. The van der Waals surface area contributed by atoms with Gasteiger partial charge in [-0.25, -0.2) is 0 Å². The summed E-state index contributed by atoms with van der Waals surface area (Å²) >= 11 is 0. The molecule has 2 fully saturated rings. The third-order valence-corrected chi connectivity index (χ3v) is 5.62. The Bertz CT molecular complexity index is 876. The first-order valence-corrected chi connectivity index (χ1v) is 9.93. The van der Waals surface area contributed by atoms with Crippen LogP contribution in [0.4, 0.5) is 0 Å². The zero-order valence-corrected chi connectivity index (χ0v) is 18.7. The predicted octanol–water partition coefficient (Wildman–Crippen LogP) is 2.94. The maximum absolute atomic E-state index is 13.1. The first-order chi connectivity index (χ1) is 13.6. The van der Waals surface area contributed by atoms with Crippen molar-refractivity contribution in [2.75, 3.05) is 32.7 Å². The second-order valence-electron chi connectivity index (χ2n) is 7.64. The number of amides is 2. The number of nitrogens with zero attached hydrogens (tertiary/aromatic N) is 3. The van der Waals surface area contributed by atoms with Gasteiger partial charge in [-0.15, -0.1) is 24.8 Å². The van der Waals surface area contributed by atoms with Crippen LogP contribution in [0.25, 0.3) is 11.1 Å². The number of benzene rings is 1. The van der Waals surface area contributed by atoms with E-state index in [9.17, 15) is 9.59 Å². The van der Waals surface area contributed by atoms with Gasteiger partial charge in [-0.2, -0.15) is 0 Å². The molecule has 2 amide bonds. The van der Waals surface area contributed by atoms with Crippen LogP contribution in [-0.4, -0.2) is 65.4 Å². The van der Waals surface area contributed by atoms with Crippen LogP contribution in [-0.2, 0) is 4.79 Å². The van der Waals surface area contributed by atoms with Gasteiger partial charge in [0.15, 0.2) is 0 Å². The molecule has 30 heavy (non-hydrogen) atoms. The number of carbonyl (C=O) groups is 2. The molecule has 0 aliphatic carbocycles. The number of likely N-dealkylation sites (tertiary alicyclic amines) is 1. The highest BCUT2D eigenvalue weighted by Gasteiger charge is 2.32. The van der Waals surface area contributed by atoms with E-state index >= 15 is 0 Å². The van der Waals surface area contributed by atoms with E-state index in [1.54, 1.807) is 12.4 Å². The van der Waals surface area contributed by atoms with Crippen LogP contribution in [0.15, 0.2) is 42.7 Å². The minimum absolute atomic E-state index is 0. The fraction of sp³-hybridized carbons (Fsp3) is 0.409. The van der Waals surface area contributed by atoms with E-state index < -0.39 is 0 Å². The molecule has 2 aromatic rings. The number of hydrogen-bond acceptors (Lipinski definition) is 4. The summed E-state index contributed by atoms with van der Waals surface area (Å²) in [6, 6.07) is 10.2. The van der Waals surface area contributed by atoms with Crippen molar-refractivity contribution in [1.29, 1.82) is 0 Å². The van der Waals surface area contributed by atoms with Crippen molar-refractivity contribution in [3.05, 3.63) is 53.9 Å². The first-order valence-electron chi connectivity index (χ1n) is 9.93. The first kappa shape index (κ1) is 24.1. The molecule has 2 saturated heterocycles. The summed E-state index contributed by atoms with van der Waals surface area (Å²) in [6.07, 6.45) is 5.30. The van der Waals surface area contributed by atoms with E-state index in [0.717, 1.165) is 43.6 Å². The monoisotopic (exact) mass is 450 g/mol. The van der Waals surface area contributed by atoms with E-state index in [2.05, 4.69) is 29.4 Å². The number of carbonyl (C=O) groups excluding carboxylic acids is 2. The van der Waals surface area contributed by atoms with E-state index in [1.807, 2.05) is 28.0 Å². The number of piperidine rings is 1. The van der Waals surface area contributed by atoms with E-state index in [1.165, 1.54) is 5.56 Å². The lowest BCUT2D eigenvalue weighted by Gasteiger charge is -2.41. The van der Waals surface area contributed by atoms with Crippen LogP contribution in [0.5, 0.6) is 0 Å². The Hall–Kier alpha value is -2.15. The fourth-order valence-corrected chi connectivity index (χ4v) is 4.04. The molecule has 2 aliphatic rings. The smallest absolute Gasteiger partial charge is 0.255 e. The normalized spacial score (nSPS) is 19.0. The molecule has 6 nitrogen and oxygen atoms in total. The van der Waals surface area contributed by atoms with Crippen molar-refractivity contribution < 1.29 is 9.59 Å². The molecule has 0 radical (unpaired) electrons. The Morgan fingerprint density at radius 3 is 2.60 bits per heavy atom. The van der Waals surface area contributed by atoms with Gasteiger partial charge < -0.3 is 15.1 Å². The molecule has 0 spiro atoms. The summed E-state index contributed by atoms with van der Waals surface area (Å²) in [6.45, 7) is 5.31. The third-order valence-electron chi connectivity index (χ3n) is 5.62. The summed E-state index contributed by atoms with van der Waals surface area (Å²) in [7, 11) is 0. The molecule has 1 aromatic carbocycles. The summed E-state index contributed by atoms with van der Waals surface area (Å²) < 4.78 is 0. The van der Waals surface area contributed by atoms with Crippen LogP contribution in [0.1, 0.15) is 28.8 Å². The second kappa shape index (κ2) is 10.8. The molecule has 0 bridgehead atoms. The van der Waals surface area contributed by atoms with Crippen molar-refractivity contribution >= 4 is 36.6 Å². The van der Waals surface area contributed by atoms with Gasteiger partial charge in [0.25, 0.3) is 5.91 Å². The Morgan fingerprint density at radius 2 is 1.87 bits per heavy atom. The number of aromatic nitrogens is 1. The number of aryl methyl sites for hydroxylation is 1. The van der Waals surface area contributed by atoms with Crippen LogP contribution in [0.3, 0.4) is 0 Å². The topological polar surface area (TPSA) is 65.5 Å². The number of halogens is 2. The Balaban J connectivity index is 0.00000160. The molecule has 1 atom stereocenters. The highest BCUT2D eigenvalue weighted by atomic mass is 35.5. The summed E-state index contributed by atoms with van der Waals surface area (Å²) in [5, 5.41) is 3.11. The molecule has 0 saturated carbocycles. The molecule has 3 heterocycles. The second-order valence-corrected chi connectivity index (χ2v) is 7.64. The molecule has 1 aromatic heterocycles. The number of pyridine rings is 1. The number of piperazine rings is 1. The molecular weight excluding hydrogens is 423 g/mol. The van der Waals surface area contributed by atoms with Crippen molar-refractivity contribution in [2.45, 2.75) is 25.8 Å². The quantitative estimate of drug-likeness (QED) is 0.780. The summed E-state index contributed by atoms with van der Waals surface area (Å²) in [5.41, 5.74) is 3.79. The molecule has 8 heteroatoms. The average Bonchev–Trinajstić information content (AvgIpc) is 2.74. The number of rotatable bonds is 3. The zero-order valence-electron chi connectivity index (χ0n) is 17.0. The van der Waals surface area contributed by atoms with Gasteiger partial charge in [0, 0.05) is 50.2 Å². The maximum Gasteiger partial charge on any atom is 0.255 e. The third kappa shape index (κ3) is 5.31. The van der Waals surface area contributed by atoms with Gasteiger partial charge in [0.1, 0.15) is 0 Å². The lowest BCUT2D eigenvalue weighted by atomic mass is 10.0. The Morgan fingerprint density at radius 1 is 1.10 bits per heavy atom. The molecule has 1 unspecified atom stereocenters. The van der Waals surface area contributed by atoms with Crippen LogP contribution < -0.4 is 5.32 Å². The molecule has 1 N–H and O–H groups in total. The van der Waals surface area contributed by atoms with Crippen molar-refractivity contribution in [2.24, 2.45) is 0 Å². The Kier molecular flexibility index (Phi) is 8.65. The van der Waals surface area contributed by atoms with Gasteiger partial charge in [-0.05, 0) is 31.4 Å². The largest absolute Gasteiger partial charge is 0.337 e. The van der Waals surface area contributed by atoms with Gasteiger partial charge >= 0.3 is 0 Å². The van der Waals surface area contributed by atoms with Gasteiger partial charge in [-0.3, -0.25) is 14.6 Å². The van der Waals surface area contributed by atoms with E-state index in [0.29, 0.717) is 18.7 Å². The highest BCUT2D eigenvalue weighted by molar-refractivity contribution is 5.95. The van der Waals surface area contributed by atoms with E-state index in [-0.39, 0.29) is 42.7 Å². The molecule has 4 rings (SSSR count). The number of nitrogens with one attached hydrogen (secondary N) is 1. The fourth-order valence-electron chi connectivity index (χ4n) is 4.04. The standard InChI is InChI=1S/C22H26N4O2.2ClH/c1-16-4-6-17(7-5-16)18-11-19(13-24-12-18)22(28)25-9-2-3-20(15-25)26-10-8-23-14-21(26)27;;/h4-7,11-13,20,23H,2-3,8-10,14-15H2,1H3;2*1H. The van der Waals surface area contributed by atoms with E-state index in [4.69, 9.17) is 0 Å². The lowest BCUT2D eigenvalue weighted by Crippen LogP contribution is -2.57. The highest BCUT2D eigenvalue weighted by Crippen LogP contribution is 2.23. The van der Waals surface area contributed by atoms with Crippen molar-refractivity contribution in [1.82, 2.24) is 20.1 Å².